The normalized spacial score (nSPS) is 26.0. The SMILES string of the molecule is Cc1cccc(C2C3=CCC4C(=O)N(c5ccc(Nc6ccccc6)cc5)C(=O)C4C3CC3C(=O)N(c4cccc(Cl)c4)C(=O)C32c2ccccc2)c1O. The number of carbonyl (C=O) groups excluding carboxylic acids is 4. The number of nitrogens with one attached hydrogen (secondary N) is 1. The van der Waals surface area contributed by atoms with Crippen LogP contribution in [0.4, 0.5) is 22.7 Å². The highest BCUT2D eigenvalue weighted by molar-refractivity contribution is 6.32. The van der Waals surface area contributed by atoms with Gasteiger partial charge in [-0.25, -0.2) is 4.90 Å². The predicted octanol–water partition coefficient (Wildman–Crippen LogP) is 8.46. The fraction of sp³-hybridized carbons (Fsp3) is 0.200. The number of aromatic hydroxyl groups is 1. The maximum atomic E-state index is 15.4. The summed E-state index contributed by atoms with van der Waals surface area (Å²) in [6.45, 7) is 1.80. The Balaban J connectivity index is 1.17. The smallest absolute Gasteiger partial charge is 0.246 e. The van der Waals surface area contributed by atoms with Crippen LogP contribution in [0.2, 0.25) is 5.02 Å². The Labute approximate surface area is 317 Å². The first-order chi connectivity index (χ1) is 26.2. The molecule has 1 saturated carbocycles. The molecule has 2 heterocycles. The molecular formula is C45H36ClN3O5. The van der Waals surface area contributed by atoms with Crippen LogP contribution in [-0.2, 0) is 24.6 Å². The number of amides is 4. The molecule has 0 aromatic heterocycles. The lowest BCUT2D eigenvalue weighted by atomic mass is 9.49. The van der Waals surface area contributed by atoms with E-state index in [0.29, 0.717) is 33.1 Å². The largest absolute Gasteiger partial charge is 0.507 e. The number of nitrogens with zero attached hydrogens (tertiary/aromatic N) is 2. The number of fused-ring (bicyclic) bond motifs is 4. The molecular weight excluding hydrogens is 698 g/mol. The maximum absolute atomic E-state index is 15.4. The molecule has 5 aromatic rings. The van der Waals surface area contributed by atoms with E-state index in [0.717, 1.165) is 16.9 Å². The number of anilines is 4. The van der Waals surface area contributed by atoms with Crippen LogP contribution < -0.4 is 15.1 Å². The Morgan fingerprint density at radius 3 is 2.11 bits per heavy atom. The summed E-state index contributed by atoms with van der Waals surface area (Å²) >= 11 is 6.42. The molecule has 9 heteroatoms. The molecule has 4 amide bonds. The van der Waals surface area contributed by atoms with E-state index in [1.54, 1.807) is 49.4 Å². The first-order valence-corrected chi connectivity index (χ1v) is 18.6. The van der Waals surface area contributed by atoms with Gasteiger partial charge in [0.1, 0.15) is 5.75 Å². The van der Waals surface area contributed by atoms with Gasteiger partial charge in [0.25, 0.3) is 0 Å². The van der Waals surface area contributed by atoms with E-state index in [1.807, 2.05) is 91.0 Å². The Bertz CT molecular complexity index is 2380. The molecule has 5 aromatic carbocycles. The van der Waals surface area contributed by atoms with Crippen molar-refractivity contribution in [3.8, 4) is 5.75 Å². The summed E-state index contributed by atoms with van der Waals surface area (Å²) in [5.41, 5.74) is 3.64. The van der Waals surface area contributed by atoms with E-state index in [-0.39, 0.29) is 30.4 Å². The average Bonchev–Trinajstić information content (AvgIpc) is 3.58. The van der Waals surface area contributed by atoms with Crippen molar-refractivity contribution in [1.82, 2.24) is 0 Å². The highest BCUT2D eigenvalue weighted by atomic mass is 35.5. The minimum Gasteiger partial charge on any atom is -0.507 e. The van der Waals surface area contributed by atoms with Crippen LogP contribution in [0.15, 0.2) is 139 Å². The van der Waals surface area contributed by atoms with Crippen LogP contribution in [0.25, 0.3) is 0 Å². The molecule has 2 aliphatic heterocycles. The van der Waals surface area contributed by atoms with Crippen molar-refractivity contribution < 1.29 is 24.3 Å². The van der Waals surface area contributed by atoms with Gasteiger partial charge in [-0.3, -0.25) is 24.1 Å². The number of rotatable bonds is 6. The lowest BCUT2D eigenvalue weighted by molar-refractivity contribution is -0.127. The van der Waals surface area contributed by atoms with Gasteiger partial charge < -0.3 is 10.4 Å². The van der Waals surface area contributed by atoms with Gasteiger partial charge in [0.15, 0.2) is 0 Å². The van der Waals surface area contributed by atoms with E-state index in [4.69, 9.17) is 11.6 Å². The van der Waals surface area contributed by atoms with E-state index >= 15 is 4.79 Å². The van der Waals surface area contributed by atoms with E-state index < -0.39 is 46.8 Å². The third-order valence-corrected chi connectivity index (χ3v) is 12.2. The number of benzene rings is 5. The third-order valence-electron chi connectivity index (χ3n) is 11.9. The van der Waals surface area contributed by atoms with E-state index in [9.17, 15) is 19.5 Å². The van der Waals surface area contributed by atoms with Crippen molar-refractivity contribution in [2.24, 2.45) is 23.7 Å². The lowest BCUT2D eigenvalue weighted by Crippen LogP contribution is -2.53. The standard InChI is InChI=1S/C45H36ClN3O5/c1-26-10-8-17-35(40(26)50)39-33-22-23-34-38(43(53)48(41(34)51)31-20-18-30(19-21-31)47-29-14-6-3-7-15-29)36(33)25-37-42(52)49(32-16-9-13-28(46)24-32)44(54)45(37,39)27-11-4-2-5-12-27/h2-22,24,34,36-39,47,50H,23,25H2,1H3. The summed E-state index contributed by atoms with van der Waals surface area (Å²) in [4.78, 5) is 61.8. The second-order valence-corrected chi connectivity index (χ2v) is 15.1. The second kappa shape index (κ2) is 12.8. The Morgan fingerprint density at radius 2 is 1.39 bits per heavy atom. The van der Waals surface area contributed by atoms with Gasteiger partial charge in [-0.15, -0.1) is 0 Å². The predicted molar refractivity (Wildman–Crippen MR) is 208 cm³/mol. The number of carbonyl (C=O) groups is 4. The van der Waals surface area contributed by atoms with Crippen LogP contribution in [0.1, 0.15) is 35.4 Å². The molecule has 8 nitrogen and oxygen atoms in total. The molecule has 2 aliphatic carbocycles. The van der Waals surface area contributed by atoms with Gasteiger partial charge in [-0.1, -0.05) is 96.0 Å². The monoisotopic (exact) mass is 733 g/mol. The summed E-state index contributed by atoms with van der Waals surface area (Å²) in [5.74, 6) is -5.08. The van der Waals surface area contributed by atoms with Gasteiger partial charge in [0, 0.05) is 27.9 Å². The molecule has 3 fully saturated rings. The zero-order valence-corrected chi connectivity index (χ0v) is 30.1. The zero-order valence-electron chi connectivity index (χ0n) is 29.4. The number of imide groups is 2. The summed E-state index contributed by atoms with van der Waals surface area (Å²) in [6.07, 6.45) is 2.45. The van der Waals surface area contributed by atoms with Crippen molar-refractivity contribution in [2.45, 2.75) is 31.1 Å². The summed E-state index contributed by atoms with van der Waals surface area (Å²) in [7, 11) is 0. The number of para-hydroxylation sites is 2. The minimum absolute atomic E-state index is 0.0290. The minimum atomic E-state index is -1.46. The van der Waals surface area contributed by atoms with Crippen LogP contribution in [-0.4, -0.2) is 28.7 Å². The topological polar surface area (TPSA) is 107 Å². The molecule has 2 saturated heterocycles. The maximum Gasteiger partial charge on any atom is 0.246 e. The molecule has 268 valence electrons. The molecule has 0 radical (unpaired) electrons. The van der Waals surface area contributed by atoms with Gasteiger partial charge in [0.2, 0.25) is 23.6 Å². The highest BCUT2D eigenvalue weighted by Crippen LogP contribution is 2.65. The van der Waals surface area contributed by atoms with Crippen molar-refractivity contribution in [1.29, 1.82) is 0 Å². The molecule has 0 spiro atoms. The van der Waals surface area contributed by atoms with Crippen molar-refractivity contribution in [3.05, 3.63) is 161 Å². The number of halogens is 1. The Hall–Kier alpha value is -5.99. The van der Waals surface area contributed by atoms with Crippen LogP contribution in [0.5, 0.6) is 5.75 Å². The number of phenolic OH excluding ortho intramolecular Hbond substituents is 1. The number of hydrogen-bond acceptors (Lipinski definition) is 6. The second-order valence-electron chi connectivity index (χ2n) is 14.7. The van der Waals surface area contributed by atoms with Crippen LogP contribution in [0.3, 0.4) is 0 Å². The Morgan fingerprint density at radius 1 is 0.704 bits per heavy atom. The number of allylic oxidation sites excluding steroid dienone is 2. The molecule has 2 N–H and O–H groups in total. The number of aryl methyl sites for hydroxylation is 1. The lowest BCUT2D eigenvalue weighted by Gasteiger charge is -2.50. The highest BCUT2D eigenvalue weighted by Gasteiger charge is 2.70. The van der Waals surface area contributed by atoms with Crippen molar-refractivity contribution in [2.75, 3.05) is 15.1 Å². The summed E-state index contributed by atoms with van der Waals surface area (Å²) in [5, 5.41) is 15.5. The first kappa shape index (κ1) is 33.8. The molecule has 4 aliphatic rings. The zero-order chi connectivity index (χ0) is 37.3. The quantitative estimate of drug-likeness (QED) is 0.134. The van der Waals surface area contributed by atoms with E-state index in [2.05, 4.69) is 5.32 Å². The fourth-order valence-corrected chi connectivity index (χ4v) is 9.82. The summed E-state index contributed by atoms with van der Waals surface area (Å²) < 4.78 is 0. The molecule has 9 rings (SSSR count). The third kappa shape index (κ3) is 4.97. The van der Waals surface area contributed by atoms with E-state index in [1.165, 1.54) is 9.80 Å². The molecule has 0 bridgehead atoms. The number of hydrogen-bond donors (Lipinski definition) is 2. The van der Waals surface area contributed by atoms with Gasteiger partial charge in [-0.05, 0) is 91.4 Å². The van der Waals surface area contributed by atoms with Crippen molar-refractivity contribution >= 4 is 58.0 Å². The Kier molecular flexibility index (Phi) is 8.05. The molecule has 6 atom stereocenters. The van der Waals surface area contributed by atoms with Crippen LogP contribution >= 0.6 is 11.6 Å². The molecule has 6 unspecified atom stereocenters. The van der Waals surface area contributed by atoms with Gasteiger partial charge in [0.05, 0.1) is 34.5 Å². The number of phenols is 1. The average molecular weight is 734 g/mol. The van der Waals surface area contributed by atoms with Gasteiger partial charge >= 0.3 is 0 Å². The fourth-order valence-electron chi connectivity index (χ4n) is 9.64. The van der Waals surface area contributed by atoms with Crippen LogP contribution in [0, 0.1) is 30.6 Å². The molecule has 54 heavy (non-hydrogen) atoms. The van der Waals surface area contributed by atoms with Crippen molar-refractivity contribution in [3.63, 3.8) is 0 Å². The summed E-state index contributed by atoms with van der Waals surface area (Å²) in [6, 6.07) is 38.4. The first-order valence-electron chi connectivity index (χ1n) is 18.2. The van der Waals surface area contributed by atoms with Gasteiger partial charge in [-0.2, -0.15) is 0 Å².